The Labute approximate surface area is 239 Å². The summed E-state index contributed by atoms with van der Waals surface area (Å²) in [5, 5.41) is 13.4. The third kappa shape index (κ3) is 5.08. The maximum atomic E-state index is 10.5. The summed E-state index contributed by atoms with van der Waals surface area (Å²) in [7, 11) is 0. The number of nitrogen functional groups attached to an aromatic ring is 1. The molecule has 204 valence electrons. The molecule has 7 rings (SSSR count). The highest BCUT2D eigenvalue weighted by Gasteiger charge is 2.20. The van der Waals surface area contributed by atoms with Crippen molar-refractivity contribution in [2.75, 3.05) is 5.73 Å². The number of phenols is 1. The quantitative estimate of drug-likeness (QED) is 0.276. The van der Waals surface area contributed by atoms with Gasteiger partial charge in [-0.15, -0.1) is 0 Å². The number of phenolic OH excluding ortho intramolecular Hbond substituents is 1. The fourth-order valence-electron chi connectivity index (χ4n) is 4.87. The van der Waals surface area contributed by atoms with E-state index < -0.39 is 5.91 Å². The molecule has 5 N–H and O–H groups in total. The van der Waals surface area contributed by atoms with E-state index in [0.29, 0.717) is 5.82 Å². The summed E-state index contributed by atoms with van der Waals surface area (Å²) < 4.78 is 3.83. The number of imidazole rings is 1. The Morgan fingerprint density at radius 3 is 2.56 bits per heavy atom. The molecular formula is C30H25ClN8O2. The topological polar surface area (TPSA) is 151 Å². The first-order chi connectivity index (χ1) is 19.9. The number of anilines is 1. The van der Waals surface area contributed by atoms with Crippen LogP contribution in [0.4, 0.5) is 5.82 Å². The second kappa shape index (κ2) is 10.7. The zero-order valence-corrected chi connectivity index (χ0v) is 22.5. The van der Waals surface area contributed by atoms with Gasteiger partial charge in [0.05, 0.1) is 10.6 Å². The summed E-state index contributed by atoms with van der Waals surface area (Å²) in [6.45, 7) is 0. The molecule has 0 saturated carbocycles. The number of aryl methyl sites for hydroxylation is 2. The maximum absolute atomic E-state index is 10.5. The molecule has 1 aliphatic carbocycles. The number of rotatable bonds is 4. The lowest BCUT2D eigenvalue weighted by atomic mass is 10.1. The zero-order valence-electron chi connectivity index (χ0n) is 21.8. The SMILES string of the molecule is NC(=O)c1ccc(O)c(Cl)c1.Nc1ncccc1-c1nc2ccc(-n3cccn3)nc2n1-c1ccc2c(c1)CCC2. The first kappa shape index (κ1) is 26.0. The highest BCUT2D eigenvalue weighted by Crippen LogP contribution is 2.33. The lowest BCUT2D eigenvalue weighted by Gasteiger charge is -2.12. The smallest absolute Gasteiger partial charge is 0.248 e. The molecule has 1 amide bonds. The number of fused-ring (bicyclic) bond motifs is 2. The van der Waals surface area contributed by atoms with Crippen LogP contribution in [0.1, 0.15) is 27.9 Å². The van der Waals surface area contributed by atoms with E-state index in [9.17, 15) is 4.79 Å². The molecule has 10 nitrogen and oxygen atoms in total. The minimum absolute atomic E-state index is 0.0586. The standard InChI is InChI=1S/C23H19N7.C7H6ClNO2/c24-21-18(6-2-11-25-21)22-27-19-9-10-20(29-13-3-12-26-29)28-23(19)30(22)17-8-7-15-4-1-5-16(15)14-17;8-5-3-4(7(9)11)1-2-6(5)10/h2-3,6-14H,1,4-5H2,(H2,24,25);1-3,10H,(H2,9,11). The van der Waals surface area contributed by atoms with Crippen molar-refractivity contribution >= 4 is 34.5 Å². The van der Waals surface area contributed by atoms with Gasteiger partial charge in [0.1, 0.15) is 17.1 Å². The molecule has 0 radical (unpaired) electrons. The number of aromatic nitrogens is 6. The van der Waals surface area contributed by atoms with Crippen molar-refractivity contribution in [3.63, 3.8) is 0 Å². The van der Waals surface area contributed by atoms with E-state index in [1.807, 2.05) is 36.5 Å². The Morgan fingerprint density at radius 1 is 0.951 bits per heavy atom. The zero-order chi connectivity index (χ0) is 28.5. The monoisotopic (exact) mass is 564 g/mol. The molecule has 0 aliphatic heterocycles. The van der Waals surface area contributed by atoms with Gasteiger partial charge in [-0.2, -0.15) is 5.10 Å². The number of nitrogens with zero attached hydrogens (tertiary/aromatic N) is 6. The summed E-state index contributed by atoms with van der Waals surface area (Å²) >= 11 is 5.50. The van der Waals surface area contributed by atoms with Crippen LogP contribution in [0.25, 0.3) is 34.1 Å². The Morgan fingerprint density at radius 2 is 1.80 bits per heavy atom. The van der Waals surface area contributed by atoms with E-state index in [1.165, 1.54) is 35.7 Å². The second-order valence-electron chi connectivity index (χ2n) is 9.51. The van der Waals surface area contributed by atoms with Crippen molar-refractivity contribution in [3.8, 4) is 28.6 Å². The number of halogens is 1. The van der Waals surface area contributed by atoms with E-state index in [1.54, 1.807) is 17.1 Å². The van der Waals surface area contributed by atoms with E-state index in [2.05, 4.69) is 32.8 Å². The van der Waals surface area contributed by atoms with Gasteiger partial charge in [-0.05, 0) is 91.1 Å². The van der Waals surface area contributed by atoms with E-state index in [-0.39, 0.29) is 16.3 Å². The largest absolute Gasteiger partial charge is 0.506 e. The van der Waals surface area contributed by atoms with Gasteiger partial charge in [0, 0.05) is 29.8 Å². The minimum atomic E-state index is -0.563. The molecule has 0 saturated heterocycles. The molecule has 41 heavy (non-hydrogen) atoms. The number of nitrogens with two attached hydrogens (primary N) is 2. The molecule has 1 aliphatic rings. The third-order valence-corrected chi connectivity index (χ3v) is 7.18. The molecule has 0 unspecified atom stereocenters. The molecule has 0 atom stereocenters. The molecule has 0 bridgehead atoms. The van der Waals surface area contributed by atoms with Gasteiger partial charge in [-0.1, -0.05) is 17.7 Å². The van der Waals surface area contributed by atoms with Crippen LogP contribution in [0.15, 0.2) is 85.3 Å². The summed E-state index contributed by atoms with van der Waals surface area (Å²) in [5.74, 6) is 1.30. The molecule has 0 fully saturated rings. The predicted molar refractivity (Wildman–Crippen MR) is 157 cm³/mol. The second-order valence-corrected chi connectivity index (χ2v) is 9.91. The average Bonchev–Trinajstić information content (AvgIpc) is 3.74. The van der Waals surface area contributed by atoms with Crippen LogP contribution in [0.3, 0.4) is 0 Å². The number of carbonyl (C=O) groups is 1. The van der Waals surface area contributed by atoms with Gasteiger partial charge >= 0.3 is 0 Å². The molecular weight excluding hydrogens is 540 g/mol. The molecule has 0 spiro atoms. The van der Waals surface area contributed by atoms with Gasteiger partial charge in [-0.25, -0.2) is 19.6 Å². The van der Waals surface area contributed by atoms with Crippen LogP contribution in [-0.4, -0.2) is 40.3 Å². The highest BCUT2D eigenvalue weighted by molar-refractivity contribution is 6.32. The highest BCUT2D eigenvalue weighted by atomic mass is 35.5. The van der Waals surface area contributed by atoms with Crippen LogP contribution in [0.5, 0.6) is 5.75 Å². The van der Waals surface area contributed by atoms with Crippen molar-refractivity contribution in [1.29, 1.82) is 0 Å². The number of pyridine rings is 2. The number of carbonyl (C=O) groups excluding carboxylic acids is 1. The molecule has 2 aromatic carbocycles. The van der Waals surface area contributed by atoms with Crippen molar-refractivity contribution < 1.29 is 9.90 Å². The fraction of sp³-hybridized carbons (Fsp3) is 0.100. The van der Waals surface area contributed by atoms with Gasteiger partial charge in [0.15, 0.2) is 17.3 Å². The van der Waals surface area contributed by atoms with Crippen LogP contribution < -0.4 is 11.5 Å². The number of hydrogen-bond donors (Lipinski definition) is 3. The van der Waals surface area contributed by atoms with Crippen molar-refractivity contribution in [3.05, 3.63) is 107 Å². The Bertz CT molecular complexity index is 1900. The average molecular weight is 565 g/mol. The molecule has 4 heterocycles. The third-order valence-electron chi connectivity index (χ3n) is 6.88. The lowest BCUT2D eigenvalue weighted by molar-refractivity contribution is 0.100. The maximum Gasteiger partial charge on any atom is 0.248 e. The van der Waals surface area contributed by atoms with Gasteiger partial charge in [0.25, 0.3) is 0 Å². The Kier molecular flexibility index (Phi) is 6.82. The molecule has 4 aromatic heterocycles. The van der Waals surface area contributed by atoms with Crippen LogP contribution in [-0.2, 0) is 12.8 Å². The van der Waals surface area contributed by atoms with E-state index in [4.69, 9.17) is 38.1 Å². The number of amides is 1. The van der Waals surface area contributed by atoms with Gasteiger partial charge in [-0.3, -0.25) is 9.36 Å². The number of benzene rings is 2. The van der Waals surface area contributed by atoms with Crippen molar-refractivity contribution in [2.24, 2.45) is 5.73 Å². The first-order valence-electron chi connectivity index (χ1n) is 12.9. The number of primary amides is 1. The Hall–Kier alpha value is -5.22. The van der Waals surface area contributed by atoms with Crippen LogP contribution in [0.2, 0.25) is 5.02 Å². The van der Waals surface area contributed by atoms with Crippen molar-refractivity contribution in [2.45, 2.75) is 19.3 Å². The summed E-state index contributed by atoms with van der Waals surface area (Å²) in [6.07, 6.45) is 8.76. The summed E-state index contributed by atoms with van der Waals surface area (Å²) in [4.78, 5) is 24.6. The number of hydrogen-bond acceptors (Lipinski definition) is 7. The van der Waals surface area contributed by atoms with E-state index in [0.717, 1.165) is 46.9 Å². The van der Waals surface area contributed by atoms with E-state index >= 15 is 0 Å². The fourth-order valence-corrected chi connectivity index (χ4v) is 5.05. The predicted octanol–water partition coefficient (Wildman–Crippen LogP) is 4.88. The molecule has 11 heteroatoms. The minimum Gasteiger partial charge on any atom is -0.506 e. The molecule has 6 aromatic rings. The first-order valence-corrected chi connectivity index (χ1v) is 13.3. The summed E-state index contributed by atoms with van der Waals surface area (Å²) in [5.41, 5.74) is 17.7. The lowest BCUT2D eigenvalue weighted by Crippen LogP contribution is -2.10. The number of aromatic hydroxyl groups is 1. The van der Waals surface area contributed by atoms with Crippen molar-refractivity contribution in [1.82, 2.24) is 29.3 Å². The Balaban J connectivity index is 0.000000233. The normalized spacial score (nSPS) is 12.1. The summed E-state index contributed by atoms with van der Waals surface area (Å²) in [6, 6.07) is 20.3. The van der Waals surface area contributed by atoms with Gasteiger partial charge < -0.3 is 16.6 Å². The van der Waals surface area contributed by atoms with Crippen LogP contribution >= 0.6 is 11.6 Å². The van der Waals surface area contributed by atoms with Gasteiger partial charge in [0.2, 0.25) is 5.91 Å². The van der Waals surface area contributed by atoms with Crippen LogP contribution in [0, 0.1) is 0 Å².